The van der Waals surface area contributed by atoms with Crippen LogP contribution in [0.4, 0.5) is 0 Å². The van der Waals surface area contributed by atoms with Crippen LogP contribution in [0, 0.1) is 23.9 Å². The van der Waals surface area contributed by atoms with Crippen molar-refractivity contribution in [3.8, 4) is 29.3 Å². The number of unbranched alkanes of at least 4 members (excludes halogenated alkanes) is 1. The van der Waals surface area contributed by atoms with E-state index in [4.69, 9.17) is 14.2 Å². The molecular formula is C50H50O6. The van der Waals surface area contributed by atoms with Crippen molar-refractivity contribution in [3.63, 3.8) is 0 Å². The molecular weight excluding hydrogens is 697 g/mol. The van der Waals surface area contributed by atoms with E-state index in [1.54, 1.807) is 19.3 Å². The number of benzene rings is 5. The van der Waals surface area contributed by atoms with Crippen LogP contribution in [0.1, 0.15) is 72.3 Å². The van der Waals surface area contributed by atoms with Crippen LogP contribution >= 0.6 is 0 Å². The molecule has 6 heteroatoms. The maximum atomic E-state index is 13.7. The summed E-state index contributed by atoms with van der Waals surface area (Å²) in [5.41, 5.74) is 5.10. The zero-order chi connectivity index (χ0) is 38.7. The third-order valence-corrected chi connectivity index (χ3v) is 11.0. The molecule has 2 heterocycles. The lowest BCUT2D eigenvalue weighted by atomic mass is 9.80. The highest BCUT2D eigenvalue weighted by Crippen LogP contribution is 2.37. The number of ether oxygens (including phenoxy) is 3. The van der Waals surface area contributed by atoms with Gasteiger partial charge in [0.15, 0.2) is 11.5 Å². The van der Waals surface area contributed by atoms with Crippen LogP contribution in [-0.2, 0) is 35.4 Å². The summed E-state index contributed by atoms with van der Waals surface area (Å²) in [4.78, 5) is 13.7. The topological polar surface area (TPSA) is 85.2 Å². The van der Waals surface area contributed by atoms with Crippen molar-refractivity contribution in [1.82, 2.24) is 0 Å². The van der Waals surface area contributed by atoms with Crippen LogP contribution in [-0.4, -0.2) is 29.2 Å². The van der Waals surface area contributed by atoms with Crippen molar-refractivity contribution < 1.29 is 29.2 Å². The average molecular weight is 747 g/mol. The minimum atomic E-state index is -0.500. The number of aryl methyl sites for hydroxylation is 2. The molecule has 5 aromatic carbocycles. The Morgan fingerprint density at radius 3 is 2.41 bits per heavy atom. The Labute approximate surface area is 330 Å². The number of aliphatic hydroxyl groups excluding tert-OH is 1. The minimum absolute atomic E-state index is 0.0179. The van der Waals surface area contributed by atoms with E-state index < -0.39 is 12.0 Å². The van der Waals surface area contributed by atoms with Gasteiger partial charge in [0.1, 0.15) is 36.1 Å². The van der Waals surface area contributed by atoms with E-state index in [0.29, 0.717) is 43.8 Å². The van der Waals surface area contributed by atoms with Gasteiger partial charge in [-0.15, -0.1) is 0 Å². The summed E-state index contributed by atoms with van der Waals surface area (Å²) >= 11 is 0. The molecule has 1 aliphatic carbocycles. The number of ketones is 1. The van der Waals surface area contributed by atoms with Gasteiger partial charge in [-0.1, -0.05) is 103 Å². The second-order valence-electron chi connectivity index (χ2n) is 15.0. The van der Waals surface area contributed by atoms with Gasteiger partial charge >= 0.3 is 0 Å². The van der Waals surface area contributed by atoms with Gasteiger partial charge in [-0.2, -0.15) is 0 Å². The number of fused-ring (bicyclic) bond motifs is 9. The fourth-order valence-corrected chi connectivity index (χ4v) is 8.05. The lowest BCUT2D eigenvalue weighted by Crippen LogP contribution is -2.24. The maximum absolute atomic E-state index is 13.7. The Morgan fingerprint density at radius 1 is 0.821 bits per heavy atom. The monoisotopic (exact) mass is 746 g/mol. The molecule has 286 valence electrons. The van der Waals surface area contributed by atoms with Crippen molar-refractivity contribution in [2.45, 2.75) is 76.4 Å². The van der Waals surface area contributed by atoms with Crippen LogP contribution in [0.15, 0.2) is 133 Å². The summed E-state index contributed by atoms with van der Waals surface area (Å²) in [5, 5.41) is 23.9. The normalized spacial score (nSPS) is 19.8. The number of hydrogen-bond donors (Lipinski definition) is 2. The quantitative estimate of drug-likeness (QED) is 0.109. The molecule has 0 amide bonds. The van der Waals surface area contributed by atoms with Crippen molar-refractivity contribution in [2.24, 2.45) is 11.8 Å². The van der Waals surface area contributed by atoms with E-state index in [1.807, 2.05) is 66.7 Å². The number of aromatic hydroxyl groups is 1. The summed E-state index contributed by atoms with van der Waals surface area (Å²) in [5.74, 6) is 4.89. The van der Waals surface area contributed by atoms with E-state index in [-0.39, 0.29) is 35.5 Å². The minimum Gasteiger partial charge on any atom is -0.508 e. The van der Waals surface area contributed by atoms with Crippen LogP contribution in [0.3, 0.4) is 0 Å². The molecule has 0 saturated heterocycles. The summed E-state index contributed by atoms with van der Waals surface area (Å²) in [6.45, 7) is 0.321. The van der Waals surface area contributed by atoms with Gasteiger partial charge < -0.3 is 24.4 Å². The van der Waals surface area contributed by atoms with Crippen LogP contribution in [0.5, 0.6) is 17.2 Å². The van der Waals surface area contributed by atoms with E-state index in [9.17, 15) is 15.0 Å². The van der Waals surface area contributed by atoms with Crippen LogP contribution < -0.4 is 9.47 Å². The molecule has 6 nitrogen and oxygen atoms in total. The number of phenolic OH excluding ortho intramolecular Hbond substituents is 1. The third-order valence-electron chi connectivity index (χ3n) is 11.0. The van der Waals surface area contributed by atoms with Crippen molar-refractivity contribution in [3.05, 3.63) is 161 Å². The van der Waals surface area contributed by atoms with Gasteiger partial charge in [0.25, 0.3) is 0 Å². The smallest absolute Gasteiger partial charge is 0.161 e. The molecule has 2 aliphatic heterocycles. The summed E-state index contributed by atoms with van der Waals surface area (Å²) < 4.78 is 18.4. The summed E-state index contributed by atoms with van der Waals surface area (Å²) in [6, 6.07) is 36.3. The number of rotatable bonds is 10. The number of carbonyl (C=O) groups excluding carboxylic acids is 1. The molecule has 8 rings (SSSR count). The first kappa shape index (κ1) is 38.3. The molecule has 0 aromatic heterocycles. The molecule has 6 bridgehead atoms. The number of methoxy groups -OCH3 is 1. The molecule has 0 spiro atoms. The number of aliphatic hydroxyl groups is 1. The van der Waals surface area contributed by atoms with Gasteiger partial charge in [0.05, 0.1) is 13.0 Å². The lowest BCUT2D eigenvalue weighted by molar-refractivity contribution is -0.121. The van der Waals surface area contributed by atoms with Crippen molar-refractivity contribution >= 4 is 16.6 Å². The van der Waals surface area contributed by atoms with E-state index in [0.717, 1.165) is 58.7 Å². The molecule has 0 saturated carbocycles. The number of carbonyl (C=O) groups is 1. The number of phenols is 1. The Balaban J connectivity index is 1.20. The Bertz CT molecular complexity index is 2230. The molecule has 56 heavy (non-hydrogen) atoms. The average Bonchev–Trinajstić information content (AvgIpc) is 3.21. The predicted molar refractivity (Wildman–Crippen MR) is 222 cm³/mol. The number of hydrogen-bond acceptors (Lipinski definition) is 6. The fraction of sp³-hybridized carbons (Fsp3) is 0.300. The summed E-state index contributed by atoms with van der Waals surface area (Å²) in [6.07, 6.45) is 14.6. The third kappa shape index (κ3) is 10.0. The molecule has 0 radical (unpaired) electrons. The van der Waals surface area contributed by atoms with E-state index >= 15 is 0 Å². The Hall–Kier alpha value is -5.93. The second-order valence-corrected chi connectivity index (χ2v) is 15.0. The van der Waals surface area contributed by atoms with Gasteiger partial charge in [-0.3, -0.25) is 4.79 Å². The first-order valence-electron chi connectivity index (χ1n) is 19.8. The largest absolute Gasteiger partial charge is 0.508 e. The van der Waals surface area contributed by atoms with E-state index in [1.165, 1.54) is 5.56 Å². The van der Waals surface area contributed by atoms with Crippen LogP contribution in [0.25, 0.3) is 10.8 Å². The molecule has 4 atom stereocenters. The van der Waals surface area contributed by atoms with Gasteiger partial charge in [0.2, 0.25) is 0 Å². The highest BCUT2D eigenvalue weighted by Gasteiger charge is 2.27. The Morgan fingerprint density at radius 2 is 1.61 bits per heavy atom. The fourth-order valence-electron chi connectivity index (χ4n) is 8.05. The van der Waals surface area contributed by atoms with Gasteiger partial charge in [-0.05, 0) is 120 Å². The zero-order valence-corrected chi connectivity index (χ0v) is 32.0. The number of Topliss-reactive ketones (excluding diaryl/α,β-unsaturated/α-hetero) is 1. The first-order valence-corrected chi connectivity index (χ1v) is 19.8. The van der Waals surface area contributed by atoms with Gasteiger partial charge in [0, 0.05) is 18.4 Å². The Kier molecular flexibility index (Phi) is 12.7. The van der Waals surface area contributed by atoms with Crippen molar-refractivity contribution in [2.75, 3.05) is 7.11 Å². The van der Waals surface area contributed by atoms with Crippen molar-refractivity contribution in [1.29, 1.82) is 0 Å². The van der Waals surface area contributed by atoms with Crippen LogP contribution in [0.2, 0.25) is 0 Å². The highest BCUT2D eigenvalue weighted by molar-refractivity contribution is 5.89. The molecule has 2 N–H and O–H groups in total. The SMILES string of the molecule is COc1ccc2cc1OCc1ccc3c(c(O)ccc3c1)C(Cc1ccccc1)C#COC(CC1C=C(O)C=CC1CCCCc1ccccc1)CC(=O)CC2. The number of allylic oxidation sites excluding steroid dienone is 3. The summed E-state index contributed by atoms with van der Waals surface area (Å²) in [7, 11) is 1.62. The predicted octanol–water partition coefficient (Wildman–Crippen LogP) is 10.8. The molecule has 4 unspecified atom stereocenters. The molecule has 0 fully saturated rings. The zero-order valence-electron chi connectivity index (χ0n) is 32.0. The molecule has 3 aliphatic rings. The molecule has 5 aromatic rings. The highest BCUT2D eigenvalue weighted by atomic mass is 16.5. The van der Waals surface area contributed by atoms with E-state index in [2.05, 4.69) is 60.6 Å². The first-order chi connectivity index (χ1) is 27.4. The maximum Gasteiger partial charge on any atom is 0.161 e. The standard InChI is InChI=1S/C50H50O6/c1-54-48-25-18-37-16-21-44(52)33-45(32-42-31-43(51)22-19-39(42)15-9-8-12-35-10-4-2-5-11-35)55-27-26-41(28-36-13-6-3-7-14-36)50-46-23-17-38(34-56-49(48)30-37)29-40(46)20-24-47(50)53/h2-7,10-11,13-14,17-20,22-25,29-31,39,41-42,45,51,53H,8-9,12,15-16,21,28,32-34H2,1H3. The van der Waals surface area contributed by atoms with Gasteiger partial charge in [-0.25, -0.2) is 0 Å². The second kappa shape index (κ2) is 18.6. The lowest BCUT2D eigenvalue weighted by Gasteiger charge is -2.28.